The molecule has 0 aromatic heterocycles. The number of likely N-dealkylation sites (tertiary alicyclic amines) is 2. The first-order chi connectivity index (χ1) is 25.0. The van der Waals surface area contributed by atoms with E-state index in [1.165, 1.54) is 42.7 Å². The zero-order chi connectivity index (χ0) is 39.4. The monoisotopic (exact) mass is 746 g/mol. The summed E-state index contributed by atoms with van der Waals surface area (Å²) < 4.78 is 0. The fourth-order valence-corrected chi connectivity index (χ4v) is 6.50. The minimum Gasteiger partial charge on any atom is -0.508 e. The molecule has 0 saturated carbocycles. The Hall–Kier alpha value is -4.81. The number of aliphatic hydroxyl groups excluding tert-OH is 1. The van der Waals surface area contributed by atoms with Crippen LogP contribution in [-0.4, -0.2) is 135 Å². The van der Waals surface area contributed by atoms with Crippen LogP contribution in [0, 0.1) is 0 Å². The zero-order valence-electron chi connectivity index (χ0n) is 30.5. The van der Waals surface area contributed by atoms with Crippen molar-refractivity contribution in [1.82, 2.24) is 31.1 Å². The van der Waals surface area contributed by atoms with Crippen molar-refractivity contribution in [2.75, 3.05) is 19.6 Å². The summed E-state index contributed by atoms with van der Waals surface area (Å²) in [7, 11) is 0. The van der Waals surface area contributed by atoms with E-state index in [4.69, 9.17) is 11.5 Å². The number of amides is 6. The maximum Gasteiger partial charge on any atom is 0.326 e. The third-order valence-corrected chi connectivity index (χ3v) is 9.49. The standard InChI is InChI=1S/C35H54N8O10/c1-19(38-29(46)24(37)18-22-11-13-23(45)14-12-22)33(50)43-17-7-10-27(43)31(48)41-28(21(3)44)32(49)39-20(2)34(51)42-16-6-9-26(42)30(47)40-25(35(52)53)8-4-5-15-36/h11-14,19-21,24-28,44-45H,4-10,15-18,36-37H2,1-3H3,(H,38,46)(H,39,49)(H,40,47)(H,41,48)(H,52,53). The average Bonchev–Trinajstić information content (AvgIpc) is 3.81. The highest BCUT2D eigenvalue weighted by atomic mass is 16.4. The lowest BCUT2D eigenvalue weighted by Gasteiger charge is -2.31. The van der Waals surface area contributed by atoms with E-state index < -0.39 is 89.8 Å². The number of aliphatic hydroxyl groups is 1. The van der Waals surface area contributed by atoms with E-state index in [0.717, 1.165) is 0 Å². The maximum atomic E-state index is 13.4. The summed E-state index contributed by atoms with van der Waals surface area (Å²) in [6, 6.07) is -1.61. The van der Waals surface area contributed by atoms with Gasteiger partial charge in [0.1, 0.15) is 42.0 Å². The van der Waals surface area contributed by atoms with Gasteiger partial charge in [-0.15, -0.1) is 0 Å². The number of nitrogens with two attached hydrogens (primary N) is 2. The van der Waals surface area contributed by atoms with Gasteiger partial charge in [-0.05, 0) is 96.4 Å². The molecule has 2 aliphatic heterocycles. The molecule has 6 amide bonds. The number of aliphatic carboxylic acids is 1. The molecule has 8 atom stereocenters. The Morgan fingerprint density at radius 1 is 0.792 bits per heavy atom. The minimum absolute atomic E-state index is 0.0683. The van der Waals surface area contributed by atoms with Crippen molar-refractivity contribution in [2.45, 2.75) is 121 Å². The van der Waals surface area contributed by atoms with Crippen LogP contribution in [0.5, 0.6) is 5.75 Å². The van der Waals surface area contributed by atoms with Crippen molar-refractivity contribution in [2.24, 2.45) is 11.5 Å². The number of benzene rings is 1. The van der Waals surface area contributed by atoms with Crippen LogP contribution in [0.2, 0.25) is 0 Å². The molecule has 2 heterocycles. The number of carboxylic acids is 1. The van der Waals surface area contributed by atoms with Crippen molar-refractivity contribution in [3.05, 3.63) is 29.8 Å². The molecule has 2 aliphatic rings. The van der Waals surface area contributed by atoms with Gasteiger partial charge in [0.15, 0.2) is 0 Å². The number of hydrogen-bond acceptors (Lipinski definition) is 11. The molecule has 18 nitrogen and oxygen atoms in total. The second-order valence-electron chi connectivity index (χ2n) is 13.7. The number of carbonyl (C=O) groups is 7. The lowest BCUT2D eigenvalue weighted by atomic mass is 10.1. The van der Waals surface area contributed by atoms with E-state index in [9.17, 15) is 48.9 Å². The topological polar surface area (TPSA) is 287 Å². The summed E-state index contributed by atoms with van der Waals surface area (Å²) in [5.74, 6) is -5.07. The summed E-state index contributed by atoms with van der Waals surface area (Å²) in [4.78, 5) is 93.6. The van der Waals surface area contributed by atoms with E-state index in [1.807, 2.05) is 0 Å². The number of phenols is 1. The molecule has 18 heteroatoms. The van der Waals surface area contributed by atoms with Gasteiger partial charge in [0.2, 0.25) is 35.4 Å². The van der Waals surface area contributed by atoms with E-state index in [-0.39, 0.29) is 38.1 Å². The maximum absolute atomic E-state index is 13.4. The summed E-state index contributed by atoms with van der Waals surface area (Å²) in [5.41, 5.74) is 12.2. The molecule has 0 aliphatic carbocycles. The van der Waals surface area contributed by atoms with Crippen LogP contribution in [-0.2, 0) is 40.0 Å². The van der Waals surface area contributed by atoms with E-state index in [0.29, 0.717) is 44.2 Å². The van der Waals surface area contributed by atoms with Crippen LogP contribution in [0.4, 0.5) is 0 Å². The Kier molecular flexibility index (Phi) is 16.0. The first-order valence-corrected chi connectivity index (χ1v) is 18.0. The molecule has 8 unspecified atom stereocenters. The van der Waals surface area contributed by atoms with E-state index >= 15 is 0 Å². The SMILES string of the molecule is CC(NC(=O)C(N)Cc1ccc(O)cc1)C(=O)N1CCCC1C(=O)NC(C(=O)NC(C)C(=O)N1CCCC1C(=O)NC(CCCCN)C(=O)O)C(C)O. The first-order valence-electron chi connectivity index (χ1n) is 18.0. The summed E-state index contributed by atoms with van der Waals surface area (Å²) >= 11 is 0. The van der Waals surface area contributed by atoms with E-state index in [1.54, 1.807) is 12.1 Å². The van der Waals surface area contributed by atoms with Gasteiger partial charge in [0.25, 0.3) is 0 Å². The second kappa shape index (κ2) is 19.9. The number of hydrogen-bond donors (Lipinski definition) is 9. The number of aromatic hydroxyl groups is 1. The van der Waals surface area contributed by atoms with Gasteiger partial charge in [0.05, 0.1) is 12.1 Å². The number of phenolic OH excluding ortho intramolecular Hbond substituents is 1. The van der Waals surface area contributed by atoms with Gasteiger partial charge < -0.3 is 57.9 Å². The Morgan fingerprint density at radius 2 is 1.30 bits per heavy atom. The third kappa shape index (κ3) is 11.8. The van der Waals surface area contributed by atoms with Crippen LogP contribution in [0.3, 0.4) is 0 Å². The van der Waals surface area contributed by atoms with Gasteiger partial charge in [-0.1, -0.05) is 12.1 Å². The van der Waals surface area contributed by atoms with Crippen LogP contribution >= 0.6 is 0 Å². The quantitative estimate of drug-likeness (QED) is 0.0725. The highest BCUT2D eigenvalue weighted by Gasteiger charge is 2.41. The van der Waals surface area contributed by atoms with Gasteiger partial charge in [-0.3, -0.25) is 28.8 Å². The van der Waals surface area contributed by atoms with Crippen molar-refractivity contribution in [1.29, 1.82) is 0 Å². The largest absolute Gasteiger partial charge is 0.508 e. The van der Waals surface area contributed by atoms with Crippen molar-refractivity contribution in [3.8, 4) is 5.75 Å². The van der Waals surface area contributed by atoms with Crippen LogP contribution in [0.15, 0.2) is 24.3 Å². The molecule has 11 N–H and O–H groups in total. The summed E-state index contributed by atoms with van der Waals surface area (Å²) in [6.45, 7) is 4.93. The smallest absolute Gasteiger partial charge is 0.326 e. The lowest BCUT2D eigenvalue weighted by Crippen LogP contribution is -2.60. The number of rotatable bonds is 18. The number of unbranched alkanes of at least 4 members (excludes halogenated alkanes) is 1. The van der Waals surface area contributed by atoms with E-state index in [2.05, 4.69) is 21.3 Å². The van der Waals surface area contributed by atoms with Crippen molar-refractivity contribution in [3.63, 3.8) is 0 Å². The zero-order valence-corrected chi connectivity index (χ0v) is 30.5. The molecular weight excluding hydrogens is 692 g/mol. The molecule has 1 aromatic carbocycles. The number of carbonyl (C=O) groups excluding carboxylic acids is 6. The Balaban J connectivity index is 1.57. The van der Waals surface area contributed by atoms with Gasteiger partial charge >= 0.3 is 5.97 Å². The van der Waals surface area contributed by atoms with Crippen molar-refractivity contribution >= 4 is 41.4 Å². The molecule has 0 bridgehead atoms. The Labute approximate surface area is 308 Å². The third-order valence-electron chi connectivity index (χ3n) is 9.49. The number of carboxylic acid groups (broad SMARTS) is 1. The highest BCUT2D eigenvalue weighted by Crippen LogP contribution is 2.21. The fraction of sp³-hybridized carbons (Fsp3) is 0.629. The fourth-order valence-electron chi connectivity index (χ4n) is 6.50. The highest BCUT2D eigenvalue weighted by molar-refractivity contribution is 5.97. The summed E-state index contributed by atoms with van der Waals surface area (Å²) in [5, 5.41) is 39.5. The normalized spacial score (nSPS) is 20.3. The molecular formula is C35H54N8O10. The minimum atomic E-state index is -1.51. The van der Waals surface area contributed by atoms with Crippen LogP contribution in [0.1, 0.15) is 71.3 Å². The molecule has 0 radical (unpaired) electrons. The number of nitrogens with zero attached hydrogens (tertiary/aromatic N) is 2. The molecule has 294 valence electrons. The first kappa shape index (κ1) is 42.6. The lowest BCUT2D eigenvalue weighted by molar-refractivity contribution is -0.145. The molecule has 2 fully saturated rings. The predicted molar refractivity (Wildman–Crippen MR) is 191 cm³/mol. The molecule has 0 spiro atoms. The van der Waals surface area contributed by atoms with Crippen LogP contribution < -0.4 is 32.7 Å². The Bertz CT molecular complexity index is 1470. The number of nitrogens with one attached hydrogen (secondary N) is 4. The van der Waals surface area contributed by atoms with Crippen molar-refractivity contribution < 1.29 is 48.9 Å². The molecule has 2 saturated heterocycles. The van der Waals surface area contributed by atoms with Gasteiger partial charge in [-0.2, -0.15) is 0 Å². The average molecular weight is 747 g/mol. The molecule has 53 heavy (non-hydrogen) atoms. The molecule has 1 aromatic rings. The second-order valence-corrected chi connectivity index (χ2v) is 13.7. The Morgan fingerprint density at radius 3 is 1.79 bits per heavy atom. The van der Waals surface area contributed by atoms with Crippen LogP contribution in [0.25, 0.3) is 0 Å². The van der Waals surface area contributed by atoms with Gasteiger partial charge in [-0.25, -0.2) is 4.79 Å². The van der Waals surface area contributed by atoms with Gasteiger partial charge in [0, 0.05) is 13.1 Å². The predicted octanol–water partition coefficient (Wildman–Crippen LogP) is -2.18. The summed E-state index contributed by atoms with van der Waals surface area (Å²) in [6.07, 6.45) is 1.52. The molecule has 3 rings (SSSR count).